The second-order valence-corrected chi connectivity index (χ2v) is 6.60. The zero-order valence-corrected chi connectivity index (χ0v) is 13.5. The Morgan fingerprint density at radius 3 is 2.39 bits per heavy atom. The Morgan fingerprint density at radius 2 is 1.74 bits per heavy atom. The second kappa shape index (κ2) is 7.14. The van der Waals surface area contributed by atoms with E-state index in [0.717, 1.165) is 45.6 Å². The molecule has 6 nitrogen and oxygen atoms in total. The molecule has 0 spiro atoms. The van der Waals surface area contributed by atoms with Crippen molar-refractivity contribution in [3.8, 4) is 6.07 Å². The third kappa shape index (κ3) is 3.40. The highest BCUT2D eigenvalue weighted by molar-refractivity contribution is 5.75. The summed E-state index contributed by atoms with van der Waals surface area (Å²) < 4.78 is 0. The van der Waals surface area contributed by atoms with Crippen LogP contribution < -0.4 is 21.1 Å². The van der Waals surface area contributed by atoms with Crippen LogP contribution in [0.4, 0.5) is 11.4 Å². The van der Waals surface area contributed by atoms with Crippen LogP contribution in [0.2, 0.25) is 0 Å². The maximum absolute atomic E-state index is 12.0. The topological polar surface area (TPSA) is 76.4 Å². The molecule has 1 aromatic rings. The van der Waals surface area contributed by atoms with Crippen molar-refractivity contribution in [1.82, 2.24) is 4.90 Å². The third-order valence-corrected chi connectivity index (χ3v) is 5.07. The summed E-state index contributed by atoms with van der Waals surface area (Å²) in [5.41, 5.74) is 0.458. The summed E-state index contributed by atoms with van der Waals surface area (Å²) in [4.78, 5) is 28.2. The fourth-order valence-corrected chi connectivity index (χ4v) is 3.67. The molecule has 124 valence electrons. The van der Waals surface area contributed by atoms with Crippen molar-refractivity contribution in [1.29, 1.82) is 5.26 Å². The monoisotopic (exact) mass is 316 g/mol. The smallest absolute Gasteiger partial charge is 0.253 e. The van der Waals surface area contributed by atoms with Crippen LogP contribution in [-0.4, -0.2) is 43.7 Å². The predicted octanol–water partition coefficient (Wildman–Crippen LogP) is 1.06. The minimum atomic E-state index is -0.350. The van der Waals surface area contributed by atoms with E-state index in [1.54, 1.807) is 0 Å². The molecule has 1 aromatic carbocycles. The average molecular weight is 316 g/mol. The van der Waals surface area contributed by atoms with Gasteiger partial charge < -0.3 is 10.2 Å². The highest BCUT2D eigenvalue weighted by Crippen LogP contribution is 2.26. The predicted molar refractivity (Wildman–Crippen MR) is 90.7 cm³/mol. The lowest BCUT2D eigenvalue weighted by atomic mass is 9.95. The van der Waals surface area contributed by atoms with E-state index in [9.17, 15) is 9.59 Å². The van der Waals surface area contributed by atoms with Crippen LogP contribution in [0.5, 0.6) is 0 Å². The molecule has 1 saturated heterocycles. The first-order valence-corrected chi connectivity index (χ1v) is 8.65. The summed E-state index contributed by atoms with van der Waals surface area (Å²) in [5.74, 6) is 0. The van der Waals surface area contributed by atoms with Crippen molar-refractivity contribution in [3.05, 3.63) is 20.4 Å². The van der Waals surface area contributed by atoms with Gasteiger partial charge in [0.1, 0.15) is 11.4 Å². The molecule has 3 rings (SSSR count). The molecular formula is C17H24N4O2. The Kier molecular flexibility index (Phi) is 4.97. The van der Waals surface area contributed by atoms with E-state index in [0.29, 0.717) is 23.8 Å². The standard InChI is InChI=1S/C17H24N4O2/c18-7-4-8-20-9-11-21(12-10-20)15-14(16(22)17(15)23)19-13-5-2-1-3-6-13/h13,19H,1-6,8-12H2. The van der Waals surface area contributed by atoms with E-state index < -0.39 is 0 Å². The van der Waals surface area contributed by atoms with Crippen LogP contribution in [0.3, 0.4) is 0 Å². The van der Waals surface area contributed by atoms with Crippen molar-refractivity contribution >= 4 is 11.4 Å². The zero-order valence-electron chi connectivity index (χ0n) is 13.5. The fourth-order valence-electron chi connectivity index (χ4n) is 3.67. The van der Waals surface area contributed by atoms with Crippen molar-refractivity contribution in [3.63, 3.8) is 0 Å². The van der Waals surface area contributed by atoms with Crippen LogP contribution >= 0.6 is 0 Å². The van der Waals surface area contributed by atoms with Gasteiger partial charge in [0.2, 0.25) is 0 Å². The van der Waals surface area contributed by atoms with E-state index in [1.165, 1.54) is 19.3 Å². The van der Waals surface area contributed by atoms with Gasteiger partial charge in [0, 0.05) is 45.2 Å². The van der Waals surface area contributed by atoms with Gasteiger partial charge in [-0.3, -0.25) is 14.5 Å². The number of piperazine rings is 1. The normalized spacial score (nSPS) is 20.6. The number of nitriles is 1. The van der Waals surface area contributed by atoms with Gasteiger partial charge in [0.25, 0.3) is 10.9 Å². The van der Waals surface area contributed by atoms with Gasteiger partial charge in [-0.15, -0.1) is 0 Å². The summed E-state index contributed by atoms with van der Waals surface area (Å²) in [6.45, 7) is 3.95. The van der Waals surface area contributed by atoms with Crippen LogP contribution in [0.25, 0.3) is 0 Å². The van der Waals surface area contributed by atoms with Crippen molar-refractivity contribution in [2.24, 2.45) is 0 Å². The molecule has 1 aliphatic carbocycles. The summed E-state index contributed by atoms with van der Waals surface area (Å²) in [5, 5.41) is 12.0. The Labute approximate surface area is 136 Å². The molecule has 2 aliphatic rings. The number of nitrogens with one attached hydrogen (secondary N) is 1. The molecule has 2 fully saturated rings. The second-order valence-electron chi connectivity index (χ2n) is 6.60. The number of hydrogen-bond acceptors (Lipinski definition) is 6. The summed E-state index contributed by atoms with van der Waals surface area (Å²) >= 11 is 0. The molecular weight excluding hydrogens is 292 g/mol. The van der Waals surface area contributed by atoms with Gasteiger partial charge in [-0.25, -0.2) is 0 Å². The Balaban J connectivity index is 1.62. The molecule has 0 aromatic heterocycles. The lowest BCUT2D eigenvalue weighted by Crippen LogP contribution is -2.52. The van der Waals surface area contributed by atoms with E-state index in [4.69, 9.17) is 5.26 Å². The highest BCUT2D eigenvalue weighted by Gasteiger charge is 2.29. The highest BCUT2D eigenvalue weighted by atomic mass is 16.2. The molecule has 0 bridgehead atoms. The summed E-state index contributed by atoms with van der Waals surface area (Å²) in [6.07, 6.45) is 6.36. The minimum Gasteiger partial charge on any atom is -0.377 e. The molecule has 0 atom stereocenters. The SMILES string of the molecule is N#CCCN1CCN(c2c(NC3CCCCC3)c(=O)c2=O)CC1. The lowest BCUT2D eigenvalue weighted by Gasteiger charge is -2.37. The number of nitrogens with zero attached hydrogens (tertiary/aromatic N) is 3. The minimum absolute atomic E-state index is 0.336. The van der Waals surface area contributed by atoms with Crippen LogP contribution in [0, 0.1) is 11.3 Å². The molecule has 1 aliphatic heterocycles. The first-order chi connectivity index (χ1) is 11.2. The molecule has 0 radical (unpaired) electrons. The van der Waals surface area contributed by atoms with Crippen molar-refractivity contribution in [2.45, 2.75) is 44.6 Å². The van der Waals surface area contributed by atoms with Crippen molar-refractivity contribution in [2.75, 3.05) is 42.9 Å². The molecule has 0 amide bonds. The van der Waals surface area contributed by atoms with E-state index in [2.05, 4.69) is 16.3 Å². The Morgan fingerprint density at radius 1 is 1.04 bits per heavy atom. The molecule has 1 saturated carbocycles. The van der Waals surface area contributed by atoms with Gasteiger partial charge >= 0.3 is 0 Å². The lowest BCUT2D eigenvalue weighted by molar-refractivity contribution is 0.263. The van der Waals surface area contributed by atoms with Crippen LogP contribution in [0.1, 0.15) is 38.5 Å². The zero-order chi connectivity index (χ0) is 16.2. The third-order valence-electron chi connectivity index (χ3n) is 5.07. The molecule has 1 heterocycles. The van der Waals surface area contributed by atoms with Gasteiger partial charge in [-0.05, 0) is 12.8 Å². The average Bonchev–Trinajstić information content (AvgIpc) is 2.61. The molecule has 1 N–H and O–H groups in total. The van der Waals surface area contributed by atoms with E-state index in [1.807, 2.05) is 4.90 Å². The molecule has 0 unspecified atom stereocenters. The quantitative estimate of drug-likeness (QED) is 0.819. The van der Waals surface area contributed by atoms with Gasteiger partial charge in [0.15, 0.2) is 0 Å². The van der Waals surface area contributed by atoms with E-state index >= 15 is 0 Å². The maximum atomic E-state index is 12.0. The number of rotatable bonds is 5. The van der Waals surface area contributed by atoms with Gasteiger partial charge in [-0.1, -0.05) is 19.3 Å². The number of anilines is 2. The summed E-state index contributed by atoms with van der Waals surface area (Å²) in [6, 6.07) is 2.50. The number of hydrogen-bond donors (Lipinski definition) is 1. The van der Waals surface area contributed by atoms with Gasteiger partial charge in [-0.2, -0.15) is 5.26 Å². The Hall–Kier alpha value is -1.87. The fraction of sp³-hybridized carbons (Fsp3) is 0.706. The first kappa shape index (κ1) is 16.0. The maximum Gasteiger partial charge on any atom is 0.253 e. The molecule has 6 heteroatoms. The largest absolute Gasteiger partial charge is 0.377 e. The van der Waals surface area contributed by atoms with Crippen LogP contribution in [0.15, 0.2) is 9.59 Å². The van der Waals surface area contributed by atoms with E-state index in [-0.39, 0.29) is 10.9 Å². The van der Waals surface area contributed by atoms with Gasteiger partial charge in [0.05, 0.1) is 6.07 Å². The summed E-state index contributed by atoms with van der Waals surface area (Å²) in [7, 11) is 0. The first-order valence-electron chi connectivity index (χ1n) is 8.65. The van der Waals surface area contributed by atoms with Crippen LogP contribution in [-0.2, 0) is 0 Å². The van der Waals surface area contributed by atoms with Crippen molar-refractivity contribution < 1.29 is 0 Å². The Bertz CT molecular complexity index is 642. The molecule has 23 heavy (non-hydrogen) atoms.